The lowest BCUT2D eigenvalue weighted by molar-refractivity contribution is 0.332. The third-order valence-electron chi connectivity index (χ3n) is 19.8. The topological polar surface area (TPSA) is 19.6 Å². The van der Waals surface area contributed by atoms with Gasteiger partial charge in [-0.05, 0) is 197 Å². The smallest absolute Gasteiger partial charge is 0.257 e. The zero-order valence-corrected chi connectivity index (χ0v) is 48.4. The molecule has 0 amide bonds. The molecule has 3 nitrogen and oxygen atoms in total. The van der Waals surface area contributed by atoms with E-state index in [0.29, 0.717) is 0 Å². The first kappa shape index (κ1) is 49.4. The summed E-state index contributed by atoms with van der Waals surface area (Å²) in [6, 6.07) is 41.7. The van der Waals surface area contributed by atoms with Crippen LogP contribution in [0, 0.1) is 0 Å². The molecule has 0 saturated heterocycles. The fourth-order valence-corrected chi connectivity index (χ4v) is 14.3. The highest BCUT2D eigenvalue weighted by Gasteiger charge is 2.50. The number of nitrogens with zero attached hydrogens (tertiary/aromatic N) is 2. The molecule has 5 aliphatic rings. The van der Waals surface area contributed by atoms with Crippen molar-refractivity contribution >= 4 is 68.4 Å². The molecule has 0 radical (unpaired) electrons. The van der Waals surface area contributed by atoms with Gasteiger partial charge in [0.25, 0.3) is 6.71 Å². The monoisotopic (exact) mass is 979 g/mol. The van der Waals surface area contributed by atoms with Gasteiger partial charge in [-0.3, -0.25) is 4.90 Å². The van der Waals surface area contributed by atoms with Crippen molar-refractivity contribution in [3.8, 4) is 11.1 Å². The molecule has 7 aromatic rings. The number of anilines is 6. The van der Waals surface area contributed by atoms with Crippen molar-refractivity contribution < 1.29 is 4.42 Å². The van der Waals surface area contributed by atoms with Crippen molar-refractivity contribution in [1.29, 1.82) is 0 Å². The van der Waals surface area contributed by atoms with Gasteiger partial charge in [0.15, 0.2) is 0 Å². The number of hydrogen-bond donors (Lipinski definition) is 0. The number of hydrogen-bond acceptors (Lipinski definition) is 3. The van der Waals surface area contributed by atoms with Crippen molar-refractivity contribution in [2.75, 3.05) is 9.80 Å². The highest BCUT2D eigenvalue weighted by molar-refractivity contribution is 7.01. The number of benzene rings is 6. The molecular weight excluding hydrogens is 896 g/mol. The van der Waals surface area contributed by atoms with E-state index in [1.165, 1.54) is 112 Å². The van der Waals surface area contributed by atoms with E-state index in [2.05, 4.69) is 238 Å². The van der Waals surface area contributed by atoms with Gasteiger partial charge in [-0.15, -0.1) is 0 Å². The molecule has 6 aromatic carbocycles. The predicted octanol–water partition coefficient (Wildman–Crippen LogP) is 17.8. The van der Waals surface area contributed by atoms with E-state index in [1.54, 1.807) is 0 Å². The molecule has 0 saturated carbocycles. The molecule has 0 unspecified atom stereocenters. The summed E-state index contributed by atoms with van der Waals surface area (Å²) >= 11 is 0. The Morgan fingerprint density at radius 1 is 0.419 bits per heavy atom. The van der Waals surface area contributed by atoms with Crippen molar-refractivity contribution in [2.24, 2.45) is 0 Å². The summed E-state index contributed by atoms with van der Waals surface area (Å²) in [6.07, 6.45) is 6.96. The second kappa shape index (κ2) is 15.6. The van der Waals surface area contributed by atoms with Crippen LogP contribution < -0.4 is 26.2 Å². The van der Waals surface area contributed by atoms with E-state index >= 15 is 0 Å². The maximum Gasteiger partial charge on any atom is 0.257 e. The molecule has 0 N–H and O–H groups in total. The van der Waals surface area contributed by atoms with Gasteiger partial charge in [-0.1, -0.05) is 173 Å². The van der Waals surface area contributed by atoms with E-state index < -0.39 is 0 Å². The third kappa shape index (κ3) is 7.32. The molecule has 74 heavy (non-hydrogen) atoms. The summed E-state index contributed by atoms with van der Waals surface area (Å²) in [6.45, 7) is 43.8. The van der Waals surface area contributed by atoms with E-state index in [-0.39, 0.29) is 50.0 Å². The van der Waals surface area contributed by atoms with Crippen molar-refractivity contribution in [3.63, 3.8) is 0 Å². The van der Waals surface area contributed by atoms with Gasteiger partial charge < -0.3 is 9.32 Å². The van der Waals surface area contributed by atoms with Crippen LogP contribution in [0.15, 0.2) is 108 Å². The quantitative estimate of drug-likeness (QED) is 0.165. The molecule has 0 fully saturated rings. The van der Waals surface area contributed by atoms with Gasteiger partial charge in [0.2, 0.25) is 5.88 Å². The first-order valence-electron chi connectivity index (χ1n) is 28.3. The average molecular weight is 979 g/mol. The minimum atomic E-state index is -0.162. The maximum atomic E-state index is 7.72. The summed E-state index contributed by atoms with van der Waals surface area (Å²) < 4.78 is 7.72. The van der Waals surface area contributed by atoms with E-state index in [9.17, 15) is 0 Å². The SMILES string of the molecule is CC(C)(C)c1ccc2c(c1)B1c3c(cc(C(C)(C)C)cc3N(c3ccc4c(c3)C(C)(C)CCC4(C)C)c3oc4cc5c(cc4c31)C(C)(C)CCC5(C)C)N2c1cc2c(cc1-c1ccccc1)C(C)(C)CCC2(C)C. The molecule has 3 aliphatic carbocycles. The second-order valence-corrected chi connectivity index (χ2v) is 29.8. The Morgan fingerprint density at radius 2 is 0.919 bits per heavy atom. The fraction of sp³-hybridized carbons (Fsp3) is 0.457. The van der Waals surface area contributed by atoms with Crippen LogP contribution in [0.25, 0.3) is 22.1 Å². The number of furan rings is 1. The Hall–Kier alpha value is -5.48. The van der Waals surface area contributed by atoms with Crippen molar-refractivity contribution in [1.82, 2.24) is 0 Å². The van der Waals surface area contributed by atoms with Gasteiger partial charge in [-0.2, -0.15) is 0 Å². The van der Waals surface area contributed by atoms with E-state index in [0.717, 1.165) is 43.6 Å². The number of fused-ring (bicyclic) bond motifs is 9. The van der Waals surface area contributed by atoms with Crippen LogP contribution in [-0.4, -0.2) is 6.71 Å². The Morgan fingerprint density at radius 3 is 1.49 bits per heavy atom. The highest BCUT2D eigenvalue weighted by atomic mass is 16.4. The van der Waals surface area contributed by atoms with Gasteiger partial charge in [0.1, 0.15) is 5.58 Å². The minimum absolute atomic E-state index is 0.0103. The standard InChI is InChI=1S/C70H83BN2O/c1-63(2,3)43-24-27-55-54(34-43)71-60-47-39-51-53(70(17,18)33-31-68(51,13)14)41-59(47)74-62(60)72(45-25-26-48-49(37-45)66(9,10)29-28-65(48,7)8)57-35-44(64(4,5)6)36-58(61(57)71)73(55)56-40-52-50(67(11,12)30-32-69(52,15)16)38-46(56)42-22-20-19-21-23-42/h19-27,34-41H,28-33H2,1-18H3. The summed E-state index contributed by atoms with van der Waals surface area (Å²) in [4.78, 5) is 5.31. The molecule has 382 valence electrons. The summed E-state index contributed by atoms with van der Waals surface area (Å²) in [5.74, 6) is 0.962. The van der Waals surface area contributed by atoms with Crippen LogP contribution in [0.4, 0.5) is 34.3 Å². The Kier molecular flexibility index (Phi) is 10.4. The van der Waals surface area contributed by atoms with Gasteiger partial charge in [-0.25, -0.2) is 0 Å². The van der Waals surface area contributed by atoms with Crippen molar-refractivity contribution in [2.45, 2.75) is 206 Å². The van der Waals surface area contributed by atoms with Crippen LogP contribution in [0.2, 0.25) is 0 Å². The molecule has 0 spiro atoms. The molecule has 2 aliphatic heterocycles. The molecule has 0 bridgehead atoms. The summed E-state index contributed by atoms with van der Waals surface area (Å²) in [5.41, 5.74) is 25.2. The molecule has 1 aromatic heterocycles. The Labute approximate surface area is 445 Å². The molecule has 4 heteroatoms. The molecule has 3 heterocycles. The summed E-state index contributed by atoms with van der Waals surface area (Å²) in [5, 5.41) is 1.25. The van der Waals surface area contributed by atoms with Crippen LogP contribution in [0.3, 0.4) is 0 Å². The molecule has 0 atom stereocenters. The van der Waals surface area contributed by atoms with Crippen molar-refractivity contribution in [3.05, 3.63) is 148 Å². The normalized spacial score (nSPS) is 20.3. The number of rotatable bonds is 3. The fourth-order valence-electron chi connectivity index (χ4n) is 14.3. The lowest BCUT2D eigenvalue weighted by Crippen LogP contribution is -2.61. The van der Waals surface area contributed by atoms with E-state index in [4.69, 9.17) is 4.42 Å². The third-order valence-corrected chi connectivity index (χ3v) is 19.8. The zero-order chi connectivity index (χ0) is 52.8. The molecule has 12 rings (SSSR count). The predicted molar refractivity (Wildman–Crippen MR) is 319 cm³/mol. The largest absolute Gasteiger partial charge is 0.440 e. The van der Waals surface area contributed by atoms with Gasteiger partial charge in [0.05, 0.1) is 5.69 Å². The van der Waals surface area contributed by atoms with Gasteiger partial charge in [0, 0.05) is 39.2 Å². The van der Waals surface area contributed by atoms with Crippen LogP contribution in [0.5, 0.6) is 0 Å². The van der Waals surface area contributed by atoms with Gasteiger partial charge >= 0.3 is 0 Å². The lowest BCUT2D eigenvalue weighted by Gasteiger charge is -2.46. The maximum absolute atomic E-state index is 7.72. The highest BCUT2D eigenvalue weighted by Crippen LogP contribution is 2.56. The van der Waals surface area contributed by atoms with Crippen LogP contribution in [-0.2, 0) is 43.3 Å². The first-order valence-corrected chi connectivity index (χ1v) is 28.3. The average Bonchev–Trinajstić information content (AvgIpc) is 3.75. The molecular formula is C70H83BN2O. The first-order chi connectivity index (χ1) is 34.4. The van der Waals surface area contributed by atoms with E-state index in [1.807, 2.05) is 0 Å². The minimum Gasteiger partial charge on any atom is -0.440 e. The van der Waals surface area contributed by atoms with Crippen LogP contribution in [0.1, 0.15) is 208 Å². The van der Waals surface area contributed by atoms with Crippen LogP contribution >= 0.6 is 0 Å². The summed E-state index contributed by atoms with van der Waals surface area (Å²) in [7, 11) is 0. The lowest BCUT2D eigenvalue weighted by atomic mass is 9.33. The Balaban J connectivity index is 1.26. The second-order valence-electron chi connectivity index (χ2n) is 29.8. The zero-order valence-electron chi connectivity index (χ0n) is 48.4. The Bertz CT molecular complexity index is 3490.